The molecule has 0 bridgehead atoms. The molecule has 1 aliphatic carbocycles. The van der Waals surface area contributed by atoms with Crippen LogP contribution >= 0.6 is 0 Å². The van der Waals surface area contributed by atoms with Gasteiger partial charge in [-0.25, -0.2) is 4.21 Å². The van der Waals surface area contributed by atoms with E-state index in [0.29, 0.717) is 36.1 Å². The van der Waals surface area contributed by atoms with E-state index in [9.17, 15) is 13.8 Å². The molecule has 2 amide bonds. The first-order valence-electron chi connectivity index (χ1n) is 12.7. The standard InChI is InChI=1S/C26H37N5O4S/c1-18-7-9-19(10-8-18)24(29-25(32)20-5-4-6-21(15-20)30-36(2,3)34)26(33)28-22-16-27-31(17-22)23-11-13-35-14-12-23/h4-6,15-19,23-24H,7-14H2,1-3H3,(H,28,33)(H,29,32)/t18?,19?,24-/m0/s1. The normalized spacial score (nSPS) is 22.0. The van der Waals surface area contributed by atoms with Gasteiger partial charge in [0, 0.05) is 47.2 Å². The number of nitrogens with zero attached hydrogens (tertiary/aromatic N) is 3. The summed E-state index contributed by atoms with van der Waals surface area (Å²) in [6.45, 7) is 3.65. The smallest absolute Gasteiger partial charge is 0.252 e. The van der Waals surface area contributed by atoms with Crippen LogP contribution in [-0.2, 0) is 19.3 Å². The number of carbonyl (C=O) groups is 2. The van der Waals surface area contributed by atoms with Crippen LogP contribution < -0.4 is 10.6 Å². The molecule has 2 aromatic rings. The average molecular weight is 516 g/mol. The van der Waals surface area contributed by atoms with Gasteiger partial charge in [-0.05, 0) is 55.7 Å². The molecule has 1 saturated heterocycles. The Labute approximate surface area is 213 Å². The van der Waals surface area contributed by atoms with Gasteiger partial charge < -0.3 is 15.4 Å². The third kappa shape index (κ3) is 7.16. The first-order valence-corrected chi connectivity index (χ1v) is 15.0. The Hall–Kier alpha value is -2.72. The van der Waals surface area contributed by atoms with Crippen LogP contribution in [0.3, 0.4) is 0 Å². The third-order valence-electron chi connectivity index (χ3n) is 6.97. The molecule has 1 saturated carbocycles. The summed E-state index contributed by atoms with van der Waals surface area (Å²) in [5, 5.41) is 10.4. The number of benzene rings is 1. The molecular weight excluding hydrogens is 478 g/mol. The van der Waals surface area contributed by atoms with Gasteiger partial charge in [0.25, 0.3) is 5.91 Å². The first kappa shape index (κ1) is 26.3. The first-order chi connectivity index (χ1) is 17.2. The highest BCUT2D eigenvalue weighted by Crippen LogP contribution is 2.31. The molecule has 2 aliphatic rings. The molecule has 2 N–H and O–H groups in total. The average Bonchev–Trinajstić information content (AvgIpc) is 3.31. The van der Waals surface area contributed by atoms with Crippen LogP contribution in [-0.4, -0.2) is 57.6 Å². The van der Waals surface area contributed by atoms with E-state index in [-0.39, 0.29) is 23.8 Å². The fourth-order valence-corrected chi connectivity index (χ4v) is 5.59. The number of aromatic nitrogens is 2. The molecule has 10 heteroatoms. The van der Waals surface area contributed by atoms with E-state index in [4.69, 9.17) is 4.74 Å². The fourth-order valence-electron chi connectivity index (χ4n) is 4.97. The van der Waals surface area contributed by atoms with Crippen molar-refractivity contribution in [1.29, 1.82) is 0 Å². The van der Waals surface area contributed by atoms with E-state index in [1.807, 2.05) is 10.9 Å². The summed E-state index contributed by atoms with van der Waals surface area (Å²) < 4.78 is 23.6. The van der Waals surface area contributed by atoms with E-state index in [1.165, 1.54) is 0 Å². The van der Waals surface area contributed by atoms with E-state index in [2.05, 4.69) is 27.0 Å². The highest BCUT2D eigenvalue weighted by Gasteiger charge is 2.33. The molecule has 4 rings (SSSR count). The molecule has 1 atom stereocenters. The molecular formula is C26H37N5O4S. The lowest BCUT2D eigenvalue weighted by molar-refractivity contribution is -0.119. The summed E-state index contributed by atoms with van der Waals surface area (Å²) in [5.41, 5.74) is 1.48. The monoisotopic (exact) mass is 515 g/mol. The van der Waals surface area contributed by atoms with Gasteiger partial charge in [-0.15, -0.1) is 0 Å². The Bertz CT molecular complexity index is 1180. The lowest BCUT2D eigenvalue weighted by Gasteiger charge is -2.32. The van der Waals surface area contributed by atoms with Crippen molar-refractivity contribution < 1.29 is 18.5 Å². The molecule has 36 heavy (non-hydrogen) atoms. The minimum absolute atomic E-state index is 0.0496. The lowest BCUT2D eigenvalue weighted by atomic mass is 9.79. The van der Waals surface area contributed by atoms with Crippen molar-refractivity contribution in [3.63, 3.8) is 0 Å². The Morgan fingerprint density at radius 1 is 1.14 bits per heavy atom. The van der Waals surface area contributed by atoms with Crippen molar-refractivity contribution in [3.8, 4) is 0 Å². The highest BCUT2D eigenvalue weighted by atomic mass is 32.2. The van der Waals surface area contributed by atoms with E-state index in [1.54, 1.807) is 43.0 Å². The van der Waals surface area contributed by atoms with Gasteiger partial charge in [-0.3, -0.25) is 14.3 Å². The van der Waals surface area contributed by atoms with Gasteiger partial charge in [-0.2, -0.15) is 9.46 Å². The van der Waals surface area contributed by atoms with Gasteiger partial charge >= 0.3 is 0 Å². The minimum atomic E-state index is -2.36. The molecule has 0 radical (unpaired) electrons. The van der Waals surface area contributed by atoms with Gasteiger partial charge in [0.2, 0.25) is 5.91 Å². The van der Waals surface area contributed by atoms with Crippen LogP contribution in [0.1, 0.15) is 61.8 Å². The predicted octanol–water partition coefficient (Wildman–Crippen LogP) is 4.16. The molecule has 2 fully saturated rings. The molecule has 9 nitrogen and oxygen atoms in total. The zero-order valence-electron chi connectivity index (χ0n) is 21.3. The van der Waals surface area contributed by atoms with Crippen LogP contribution in [0.25, 0.3) is 0 Å². The minimum Gasteiger partial charge on any atom is -0.381 e. The zero-order valence-corrected chi connectivity index (χ0v) is 22.1. The summed E-state index contributed by atoms with van der Waals surface area (Å²) in [6.07, 6.45) is 12.2. The topological polar surface area (TPSA) is 115 Å². The second-order valence-corrected chi connectivity index (χ2v) is 12.9. The summed E-state index contributed by atoms with van der Waals surface area (Å²) in [4.78, 5) is 26.7. The predicted molar refractivity (Wildman–Crippen MR) is 141 cm³/mol. The van der Waals surface area contributed by atoms with Crippen molar-refractivity contribution in [3.05, 3.63) is 42.2 Å². The molecule has 1 aliphatic heterocycles. The number of rotatable bonds is 7. The molecule has 0 spiro atoms. The van der Waals surface area contributed by atoms with Crippen molar-refractivity contribution in [2.75, 3.05) is 31.0 Å². The molecule has 0 unspecified atom stereocenters. The number of nitrogens with one attached hydrogen (secondary N) is 2. The Kier molecular flexibility index (Phi) is 8.46. The van der Waals surface area contributed by atoms with Crippen molar-refractivity contribution >= 4 is 32.9 Å². The van der Waals surface area contributed by atoms with Gasteiger partial charge in [0.05, 0.1) is 23.6 Å². The number of amides is 2. The number of hydrogen-bond acceptors (Lipinski definition) is 6. The van der Waals surface area contributed by atoms with Crippen molar-refractivity contribution in [2.45, 2.75) is 57.5 Å². The molecule has 196 valence electrons. The number of hydrogen-bond donors (Lipinski definition) is 2. The number of carbonyl (C=O) groups excluding carboxylic acids is 2. The molecule has 2 heterocycles. The summed E-state index contributed by atoms with van der Waals surface area (Å²) in [5.74, 6) is 0.0889. The van der Waals surface area contributed by atoms with Crippen LogP contribution in [0, 0.1) is 11.8 Å². The third-order valence-corrected chi connectivity index (χ3v) is 7.62. The highest BCUT2D eigenvalue weighted by molar-refractivity contribution is 7.92. The maximum absolute atomic E-state index is 13.5. The maximum Gasteiger partial charge on any atom is 0.252 e. The number of ether oxygens (including phenoxy) is 1. The summed E-state index contributed by atoms with van der Waals surface area (Å²) in [6, 6.07) is 6.31. The zero-order chi connectivity index (χ0) is 25.7. The van der Waals surface area contributed by atoms with E-state index >= 15 is 0 Å². The quantitative estimate of drug-likeness (QED) is 0.575. The second kappa shape index (κ2) is 11.6. The van der Waals surface area contributed by atoms with Gasteiger partial charge in [0.15, 0.2) is 0 Å². The fraction of sp³-hybridized carbons (Fsp3) is 0.577. The molecule has 1 aromatic heterocycles. The largest absolute Gasteiger partial charge is 0.381 e. The van der Waals surface area contributed by atoms with Crippen molar-refractivity contribution in [2.24, 2.45) is 16.2 Å². The van der Waals surface area contributed by atoms with Crippen LogP contribution in [0.5, 0.6) is 0 Å². The Morgan fingerprint density at radius 2 is 1.86 bits per heavy atom. The summed E-state index contributed by atoms with van der Waals surface area (Å²) in [7, 11) is -2.36. The maximum atomic E-state index is 13.5. The lowest BCUT2D eigenvalue weighted by Crippen LogP contribution is -2.49. The van der Waals surface area contributed by atoms with Crippen molar-refractivity contribution in [1.82, 2.24) is 15.1 Å². The van der Waals surface area contributed by atoms with Crippen LogP contribution in [0.15, 0.2) is 41.0 Å². The SMILES string of the molecule is CC1CCC([C@H](NC(=O)c2cccc(N=S(C)(C)=O)c2)C(=O)Nc2cnn(C3CCOCC3)c2)CC1. The van der Waals surface area contributed by atoms with E-state index < -0.39 is 15.8 Å². The van der Waals surface area contributed by atoms with Crippen LogP contribution in [0.2, 0.25) is 0 Å². The molecule has 1 aromatic carbocycles. The van der Waals surface area contributed by atoms with E-state index in [0.717, 1.165) is 38.5 Å². The summed E-state index contributed by atoms with van der Waals surface area (Å²) >= 11 is 0. The van der Waals surface area contributed by atoms with Crippen LogP contribution in [0.4, 0.5) is 11.4 Å². The van der Waals surface area contributed by atoms with Gasteiger partial charge in [0.1, 0.15) is 6.04 Å². The Morgan fingerprint density at radius 3 is 2.56 bits per heavy atom. The Balaban J connectivity index is 1.50. The number of anilines is 1. The second-order valence-electron chi connectivity index (χ2n) is 10.3. The van der Waals surface area contributed by atoms with Gasteiger partial charge in [-0.1, -0.05) is 25.8 Å².